The molecule has 0 amide bonds. The number of hydrogen-bond acceptors (Lipinski definition) is 4. The van der Waals surface area contributed by atoms with Crippen LogP contribution in [0.3, 0.4) is 0 Å². The largest absolute Gasteiger partial charge is 0.316 e. The quantitative estimate of drug-likeness (QED) is 0.863. The van der Waals surface area contributed by atoms with Crippen LogP contribution in [0.1, 0.15) is 5.56 Å². The van der Waals surface area contributed by atoms with Crippen LogP contribution in [-0.4, -0.2) is 36.4 Å². The summed E-state index contributed by atoms with van der Waals surface area (Å²) in [6.45, 7) is 1.94. The monoisotopic (exact) mass is 316 g/mol. The predicted octanol–water partition coefficient (Wildman–Crippen LogP) is 2.30. The fourth-order valence-electron chi connectivity index (χ4n) is 2.63. The average Bonchev–Trinajstić information content (AvgIpc) is 2.73. The number of amidine groups is 1. The second kappa shape index (κ2) is 4.40. The van der Waals surface area contributed by atoms with Gasteiger partial charge in [0.05, 0.1) is 17.5 Å². The Morgan fingerprint density at radius 1 is 1.42 bits per heavy atom. The van der Waals surface area contributed by atoms with Crippen molar-refractivity contribution in [3.05, 3.63) is 28.8 Å². The van der Waals surface area contributed by atoms with Gasteiger partial charge in [-0.1, -0.05) is 29.4 Å². The van der Waals surface area contributed by atoms with Crippen LogP contribution in [0.5, 0.6) is 0 Å². The normalized spacial score (nSPS) is 28.7. The van der Waals surface area contributed by atoms with Crippen LogP contribution in [0.4, 0.5) is 5.69 Å². The van der Waals surface area contributed by atoms with E-state index in [1.807, 2.05) is 17.9 Å². The Bertz CT molecular complexity index is 660. The number of nitrogens with one attached hydrogen (secondary N) is 1. The highest BCUT2D eigenvalue weighted by Crippen LogP contribution is 2.41. The van der Waals surface area contributed by atoms with Gasteiger partial charge in [-0.2, -0.15) is 0 Å². The van der Waals surface area contributed by atoms with E-state index < -0.39 is 9.84 Å². The lowest BCUT2D eigenvalue weighted by molar-refractivity contribution is 0.601. The highest BCUT2D eigenvalue weighted by Gasteiger charge is 2.48. The maximum absolute atomic E-state index is 11.7. The Labute approximate surface area is 121 Å². The van der Waals surface area contributed by atoms with Crippen molar-refractivity contribution >= 4 is 44.1 Å². The van der Waals surface area contributed by atoms with Gasteiger partial charge < -0.3 is 4.90 Å². The molecule has 2 aliphatic rings. The smallest absolute Gasteiger partial charge is 0.161 e. The van der Waals surface area contributed by atoms with Gasteiger partial charge in [-0.05, 0) is 24.6 Å². The summed E-state index contributed by atoms with van der Waals surface area (Å²) in [6.07, 6.45) is 0. The van der Waals surface area contributed by atoms with Gasteiger partial charge in [-0.25, -0.2) is 8.42 Å². The second-order valence-corrected chi connectivity index (χ2v) is 8.72. The van der Waals surface area contributed by atoms with Crippen molar-refractivity contribution in [2.75, 3.05) is 16.4 Å². The predicted molar refractivity (Wildman–Crippen MR) is 80.2 cm³/mol. The molecule has 0 bridgehead atoms. The summed E-state index contributed by atoms with van der Waals surface area (Å²) in [6, 6.07) is 5.36. The summed E-state index contributed by atoms with van der Waals surface area (Å²) in [5.74, 6) is 0.291. The van der Waals surface area contributed by atoms with E-state index in [9.17, 15) is 8.42 Å². The van der Waals surface area contributed by atoms with Gasteiger partial charge in [0.25, 0.3) is 0 Å². The van der Waals surface area contributed by atoms with E-state index in [0.29, 0.717) is 10.2 Å². The van der Waals surface area contributed by atoms with Crippen molar-refractivity contribution in [2.24, 2.45) is 0 Å². The number of fused-ring (bicyclic) bond motifs is 1. The van der Waals surface area contributed by atoms with Gasteiger partial charge in [0.1, 0.15) is 0 Å². The van der Waals surface area contributed by atoms with Gasteiger partial charge in [0, 0.05) is 16.0 Å². The Morgan fingerprint density at radius 3 is 2.89 bits per heavy atom. The summed E-state index contributed by atoms with van der Waals surface area (Å²) >= 11 is 7.36. The van der Waals surface area contributed by atoms with Gasteiger partial charge in [0.15, 0.2) is 15.0 Å². The number of hydrogen-bond donors (Lipinski definition) is 1. The molecule has 19 heavy (non-hydrogen) atoms. The summed E-state index contributed by atoms with van der Waals surface area (Å²) in [5, 5.41) is 9.07. The van der Waals surface area contributed by atoms with Gasteiger partial charge in [0.2, 0.25) is 0 Å². The van der Waals surface area contributed by atoms with Crippen molar-refractivity contribution in [1.82, 2.24) is 0 Å². The number of rotatable bonds is 1. The third-order valence-corrected chi connectivity index (χ3v) is 6.88. The van der Waals surface area contributed by atoms with Gasteiger partial charge >= 0.3 is 0 Å². The third kappa shape index (κ3) is 2.26. The summed E-state index contributed by atoms with van der Waals surface area (Å²) in [4.78, 5) is 1.82. The SMILES string of the molecule is Cc1ccc(Cl)cc1N1C(=N)S[C@H]2CS(=O)(=O)C[C@@H]21. The summed E-state index contributed by atoms with van der Waals surface area (Å²) < 4.78 is 23.5. The highest BCUT2D eigenvalue weighted by atomic mass is 35.5. The fourth-order valence-corrected chi connectivity index (χ4v) is 6.58. The molecule has 2 atom stereocenters. The molecule has 0 saturated carbocycles. The molecule has 7 heteroatoms. The number of anilines is 1. The molecule has 1 aromatic carbocycles. The van der Waals surface area contributed by atoms with Crippen molar-refractivity contribution in [3.63, 3.8) is 0 Å². The zero-order valence-electron chi connectivity index (χ0n) is 10.3. The zero-order chi connectivity index (χ0) is 13.8. The average molecular weight is 317 g/mol. The van der Waals surface area contributed by atoms with Crippen LogP contribution in [0.2, 0.25) is 5.02 Å². The Balaban J connectivity index is 2.04. The molecule has 3 rings (SSSR count). The first-order chi connectivity index (χ1) is 8.87. The minimum absolute atomic E-state index is 0.0316. The zero-order valence-corrected chi connectivity index (χ0v) is 12.6. The summed E-state index contributed by atoms with van der Waals surface area (Å²) in [7, 11) is -2.98. The molecule has 4 nitrogen and oxygen atoms in total. The van der Waals surface area contributed by atoms with Crippen LogP contribution >= 0.6 is 23.4 Å². The number of nitrogens with zero attached hydrogens (tertiary/aromatic N) is 1. The molecule has 0 aromatic heterocycles. The number of aryl methyl sites for hydroxylation is 1. The molecule has 0 aliphatic carbocycles. The Morgan fingerprint density at radius 2 is 2.16 bits per heavy atom. The first-order valence-corrected chi connectivity index (χ1v) is 8.96. The maximum Gasteiger partial charge on any atom is 0.161 e. The molecule has 0 spiro atoms. The third-order valence-electron chi connectivity index (χ3n) is 3.52. The Hall–Kier alpha value is -0.720. The lowest BCUT2D eigenvalue weighted by Crippen LogP contribution is -2.37. The van der Waals surface area contributed by atoms with Gasteiger partial charge in [-0.15, -0.1) is 0 Å². The van der Waals surface area contributed by atoms with E-state index in [2.05, 4.69) is 0 Å². The van der Waals surface area contributed by atoms with E-state index in [0.717, 1.165) is 11.3 Å². The van der Waals surface area contributed by atoms with E-state index >= 15 is 0 Å². The first-order valence-electron chi connectivity index (χ1n) is 5.88. The first kappa shape index (κ1) is 13.3. The van der Waals surface area contributed by atoms with Crippen LogP contribution in [-0.2, 0) is 9.84 Å². The molecular weight excluding hydrogens is 304 g/mol. The number of halogens is 1. The second-order valence-electron chi connectivity index (χ2n) is 4.91. The molecule has 102 valence electrons. The van der Waals surface area contributed by atoms with Crippen LogP contribution in [0.25, 0.3) is 0 Å². The molecule has 1 N–H and O–H groups in total. The number of benzene rings is 1. The molecule has 2 fully saturated rings. The number of thioether (sulfide) groups is 1. The minimum atomic E-state index is -2.98. The topological polar surface area (TPSA) is 61.2 Å². The standard InChI is InChI=1S/C12H13ClN2O2S2/c1-7-2-3-8(13)4-9(7)15-10-5-19(16,17)6-11(10)18-12(15)14/h2-4,10-11,14H,5-6H2,1H3/t10-,11-/m0/s1. The molecule has 0 unspecified atom stereocenters. The van der Waals surface area contributed by atoms with E-state index in [-0.39, 0.29) is 22.8 Å². The molecular formula is C12H13ClN2O2S2. The van der Waals surface area contributed by atoms with Gasteiger partial charge in [-0.3, -0.25) is 5.41 Å². The lowest BCUT2D eigenvalue weighted by Gasteiger charge is -2.25. The van der Waals surface area contributed by atoms with E-state index in [1.54, 1.807) is 12.1 Å². The summed E-state index contributed by atoms with van der Waals surface area (Å²) in [5.41, 5.74) is 1.84. The van der Waals surface area contributed by atoms with Crippen molar-refractivity contribution in [3.8, 4) is 0 Å². The van der Waals surface area contributed by atoms with E-state index in [1.165, 1.54) is 11.8 Å². The molecule has 1 aromatic rings. The van der Waals surface area contributed by atoms with E-state index in [4.69, 9.17) is 17.0 Å². The van der Waals surface area contributed by atoms with Crippen molar-refractivity contribution < 1.29 is 8.42 Å². The fraction of sp³-hybridized carbons (Fsp3) is 0.417. The molecule has 0 radical (unpaired) electrons. The maximum atomic E-state index is 11.7. The van der Waals surface area contributed by atoms with Crippen LogP contribution < -0.4 is 4.90 Å². The lowest BCUT2D eigenvalue weighted by atomic mass is 10.1. The Kier molecular flexibility index (Phi) is 3.07. The van der Waals surface area contributed by atoms with Crippen LogP contribution in [0, 0.1) is 12.3 Å². The van der Waals surface area contributed by atoms with Crippen LogP contribution in [0.15, 0.2) is 18.2 Å². The number of sulfone groups is 1. The molecule has 2 aliphatic heterocycles. The molecule has 2 heterocycles. The minimum Gasteiger partial charge on any atom is -0.316 e. The molecule has 2 saturated heterocycles. The van der Waals surface area contributed by atoms with Crippen molar-refractivity contribution in [2.45, 2.75) is 18.2 Å². The highest BCUT2D eigenvalue weighted by molar-refractivity contribution is 8.15. The van der Waals surface area contributed by atoms with Crippen molar-refractivity contribution in [1.29, 1.82) is 5.41 Å².